The molecule has 0 aliphatic carbocycles. The third-order valence-corrected chi connectivity index (χ3v) is 2.91. The van der Waals surface area contributed by atoms with E-state index < -0.39 is 0 Å². The van der Waals surface area contributed by atoms with Gasteiger partial charge in [-0.2, -0.15) is 5.26 Å². The second-order valence-corrected chi connectivity index (χ2v) is 4.40. The number of anilines is 1. The van der Waals surface area contributed by atoms with Crippen molar-refractivity contribution in [1.82, 2.24) is 0 Å². The number of nitrogens with one attached hydrogen (secondary N) is 1. The van der Waals surface area contributed by atoms with Gasteiger partial charge in [0, 0.05) is 11.6 Å². The van der Waals surface area contributed by atoms with Crippen molar-refractivity contribution in [3.05, 3.63) is 64.7 Å². The summed E-state index contributed by atoms with van der Waals surface area (Å²) in [6, 6.07) is 17.7. The molecule has 0 saturated heterocycles. The zero-order valence-electron chi connectivity index (χ0n) is 9.86. The predicted octanol–water partition coefficient (Wildman–Crippen LogP) is 3.87. The van der Waals surface area contributed by atoms with E-state index in [9.17, 15) is 0 Å². The van der Waals surface area contributed by atoms with Gasteiger partial charge in [-0.05, 0) is 30.2 Å². The van der Waals surface area contributed by atoms with Gasteiger partial charge in [0.05, 0.1) is 11.3 Å². The lowest BCUT2D eigenvalue weighted by atomic mass is 10.1. The molecule has 0 fully saturated rings. The zero-order valence-corrected chi connectivity index (χ0v) is 10.6. The summed E-state index contributed by atoms with van der Waals surface area (Å²) in [5.74, 6) is 0. The Labute approximate surface area is 112 Å². The summed E-state index contributed by atoms with van der Waals surface area (Å²) in [4.78, 5) is 0. The molecule has 0 radical (unpaired) electrons. The molecule has 0 amide bonds. The van der Waals surface area contributed by atoms with Crippen molar-refractivity contribution in [2.45, 2.75) is 6.42 Å². The van der Waals surface area contributed by atoms with Gasteiger partial charge in [-0.15, -0.1) is 0 Å². The number of nitriles is 1. The van der Waals surface area contributed by atoms with Crippen molar-refractivity contribution in [2.75, 3.05) is 11.9 Å². The summed E-state index contributed by atoms with van der Waals surface area (Å²) in [5, 5.41) is 12.9. The van der Waals surface area contributed by atoms with Gasteiger partial charge >= 0.3 is 0 Å². The molecule has 0 heterocycles. The van der Waals surface area contributed by atoms with Crippen molar-refractivity contribution >= 4 is 17.3 Å². The Morgan fingerprint density at radius 2 is 1.89 bits per heavy atom. The van der Waals surface area contributed by atoms with Crippen molar-refractivity contribution in [3.8, 4) is 6.07 Å². The highest BCUT2D eigenvalue weighted by molar-refractivity contribution is 6.30. The molecule has 3 heteroatoms. The molecule has 0 aromatic heterocycles. The van der Waals surface area contributed by atoms with Crippen LogP contribution in [-0.2, 0) is 6.42 Å². The average Bonchev–Trinajstić information content (AvgIpc) is 2.41. The van der Waals surface area contributed by atoms with Crippen LogP contribution >= 0.6 is 11.6 Å². The first-order valence-corrected chi connectivity index (χ1v) is 6.15. The molecule has 0 saturated carbocycles. The van der Waals surface area contributed by atoms with E-state index in [4.69, 9.17) is 16.9 Å². The van der Waals surface area contributed by atoms with E-state index >= 15 is 0 Å². The number of halogens is 1. The van der Waals surface area contributed by atoms with Crippen LogP contribution in [0, 0.1) is 11.3 Å². The highest BCUT2D eigenvalue weighted by Gasteiger charge is 2.02. The highest BCUT2D eigenvalue weighted by Crippen LogP contribution is 2.19. The average molecular weight is 257 g/mol. The topological polar surface area (TPSA) is 35.8 Å². The van der Waals surface area contributed by atoms with E-state index in [0.717, 1.165) is 18.7 Å². The van der Waals surface area contributed by atoms with Crippen molar-refractivity contribution in [1.29, 1.82) is 5.26 Å². The van der Waals surface area contributed by atoms with Crippen LogP contribution in [0.2, 0.25) is 5.02 Å². The van der Waals surface area contributed by atoms with Gasteiger partial charge in [0.25, 0.3) is 0 Å². The van der Waals surface area contributed by atoms with Gasteiger partial charge in [-0.3, -0.25) is 0 Å². The Bertz CT molecular complexity index is 558. The van der Waals surface area contributed by atoms with Crippen LogP contribution in [-0.4, -0.2) is 6.54 Å². The maximum absolute atomic E-state index is 9.01. The third kappa shape index (κ3) is 3.26. The number of hydrogen-bond donors (Lipinski definition) is 1. The molecule has 2 aromatic carbocycles. The van der Waals surface area contributed by atoms with Crippen LogP contribution in [0.25, 0.3) is 0 Å². The minimum absolute atomic E-state index is 0.579. The van der Waals surface area contributed by atoms with Crippen LogP contribution < -0.4 is 5.32 Å². The molecule has 0 atom stereocenters. The molecule has 2 aromatic rings. The number of nitrogens with zero attached hydrogens (tertiary/aromatic N) is 1. The molecule has 2 nitrogen and oxygen atoms in total. The molecule has 2 rings (SSSR count). The van der Waals surface area contributed by atoms with Gasteiger partial charge in [0.2, 0.25) is 0 Å². The maximum Gasteiger partial charge on any atom is 0.101 e. The van der Waals surface area contributed by atoms with Crippen LogP contribution in [0.4, 0.5) is 5.69 Å². The summed E-state index contributed by atoms with van der Waals surface area (Å²) in [6.07, 6.45) is 0.925. The SMILES string of the molecule is N#Cc1cc(Cl)ccc1NCCc1ccccc1. The lowest BCUT2D eigenvalue weighted by Crippen LogP contribution is -2.06. The van der Waals surface area contributed by atoms with Gasteiger partial charge in [-0.1, -0.05) is 41.9 Å². The number of benzene rings is 2. The second-order valence-electron chi connectivity index (χ2n) is 3.96. The van der Waals surface area contributed by atoms with E-state index in [0.29, 0.717) is 10.6 Å². The van der Waals surface area contributed by atoms with Crippen molar-refractivity contribution < 1.29 is 0 Å². The van der Waals surface area contributed by atoms with Gasteiger partial charge in [-0.25, -0.2) is 0 Å². The molecule has 1 N–H and O–H groups in total. The fraction of sp³-hybridized carbons (Fsp3) is 0.133. The monoisotopic (exact) mass is 256 g/mol. The Morgan fingerprint density at radius 1 is 1.11 bits per heavy atom. The smallest absolute Gasteiger partial charge is 0.101 e. The van der Waals surface area contributed by atoms with Gasteiger partial charge in [0.15, 0.2) is 0 Å². The molecule has 0 bridgehead atoms. The molecule has 0 spiro atoms. The van der Waals surface area contributed by atoms with Gasteiger partial charge < -0.3 is 5.32 Å². The largest absolute Gasteiger partial charge is 0.384 e. The van der Waals surface area contributed by atoms with Crippen molar-refractivity contribution in [3.63, 3.8) is 0 Å². The van der Waals surface area contributed by atoms with Crippen LogP contribution in [0.1, 0.15) is 11.1 Å². The number of hydrogen-bond acceptors (Lipinski definition) is 2. The highest BCUT2D eigenvalue weighted by atomic mass is 35.5. The predicted molar refractivity (Wildman–Crippen MR) is 74.8 cm³/mol. The Hall–Kier alpha value is -1.98. The molecular weight excluding hydrogens is 244 g/mol. The first kappa shape index (κ1) is 12.5. The maximum atomic E-state index is 9.01. The van der Waals surface area contributed by atoms with E-state index in [1.165, 1.54) is 5.56 Å². The lowest BCUT2D eigenvalue weighted by molar-refractivity contribution is 1.02. The first-order valence-electron chi connectivity index (χ1n) is 5.77. The quantitative estimate of drug-likeness (QED) is 0.902. The molecule has 0 unspecified atom stereocenters. The standard InChI is InChI=1S/C15H13ClN2/c16-14-6-7-15(13(10-14)11-17)18-9-8-12-4-2-1-3-5-12/h1-7,10,18H,8-9H2. The molecule has 0 aliphatic rings. The molecule has 18 heavy (non-hydrogen) atoms. The Kier molecular flexibility index (Phi) is 4.22. The summed E-state index contributed by atoms with van der Waals surface area (Å²) in [6.45, 7) is 0.792. The fourth-order valence-electron chi connectivity index (χ4n) is 1.75. The minimum Gasteiger partial charge on any atom is -0.384 e. The number of rotatable bonds is 4. The molecular formula is C15H13ClN2. The van der Waals surface area contributed by atoms with E-state index in [1.54, 1.807) is 12.1 Å². The lowest BCUT2D eigenvalue weighted by Gasteiger charge is -2.08. The zero-order chi connectivity index (χ0) is 12.8. The van der Waals surface area contributed by atoms with E-state index in [1.807, 2.05) is 24.3 Å². The third-order valence-electron chi connectivity index (χ3n) is 2.67. The van der Waals surface area contributed by atoms with Crippen molar-refractivity contribution in [2.24, 2.45) is 0 Å². The summed E-state index contributed by atoms with van der Waals surface area (Å²) >= 11 is 5.85. The second kappa shape index (κ2) is 6.09. The van der Waals surface area contributed by atoms with Crippen LogP contribution in [0.3, 0.4) is 0 Å². The van der Waals surface area contributed by atoms with Crippen LogP contribution in [0.15, 0.2) is 48.5 Å². The minimum atomic E-state index is 0.579. The van der Waals surface area contributed by atoms with Gasteiger partial charge in [0.1, 0.15) is 6.07 Å². The summed E-state index contributed by atoms with van der Waals surface area (Å²) in [7, 11) is 0. The fourth-order valence-corrected chi connectivity index (χ4v) is 1.92. The van der Waals surface area contributed by atoms with E-state index in [-0.39, 0.29) is 0 Å². The normalized spacial score (nSPS) is 9.78. The first-order chi connectivity index (χ1) is 8.79. The summed E-state index contributed by atoms with van der Waals surface area (Å²) in [5.41, 5.74) is 2.69. The molecule has 90 valence electrons. The van der Waals surface area contributed by atoms with E-state index in [2.05, 4.69) is 23.5 Å². The Balaban J connectivity index is 1.97. The van der Waals surface area contributed by atoms with Crippen LogP contribution in [0.5, 0.6) is 0 Å². The molecule has 0 aliphatic heterocycles. The Morgan fingerprint density at radius 3 is 2.61 bits per heavy atom. The summed E-state index contributed by atoms with van der Waals surface area (Å²) < 4.78 is 0.